The number of pyridine rings is 1. The summed E-state index contributed by atoms with van der Waals surface area (Å²) in [6, 6.07) is 7.87. The number of benzene rings is 1. The molecular formula is C24H26F3N3O2. The predicted octanol–water partition coefficient (Wildman–Crippen LogP) is 4.80. The monoisotopic (exact) mass is 445 g/mol. The first-order valence-electron chi connectivity index (χ1n) is 10.8. The van der Waals surface area contributed by atoms with E-state index in [1.54, 1.807) is 25.4 Å². The third-order valence-corrected chi connectivity index (χ3v) is 5.91. The first-order chi connectivity index (χ1) is 15.4. The Hall–Kier alpha value is -2.87. The summed E-state index contributed by atoms with van der Waals surface area (Å²) in [5.41, 5.74) is 3.26. The molecule has 0 unspecified atom stereocenters. The first-order valence-corrected chi connectivity index (χ1v) is 10.8. The van der Waals surface area contributed by atoms with Crippen LogP contribution in [-0.4, -0.2) is 40.1 Å². The van der Waals surface area contributed by atoms with Crippen LogP contribution in [0.2, 0.25) is 0 Å². The summed E-state index contributed by atoms with van der Waals surface area (Å²) in [6.07, 6.45) is 0.815. The van der Waals surface area contributed by atoms with Crippen LogP contribution < -0.4 is 0 Å². The number of carbonyl (C=O) groups is 1. The van der Waals surface area contributed by atoms with E-state index < -0.39 is 11.7 Å². The van der Waals surface area contributed by atoms with Crippen LogP contribution in [0.5, 0.6) is 0 Å². The molecule has 8 heteroatoms. The van der Waals surface area contributed by atoms with E-state index in [9.17, 15) is 18.0 Å². The Bertz CT molecular complexity index is 1090. The van der Waals surface area contributed by atoms with Crippen molar-refractivity contribution in [2.24, 2.45) is 0 Å². The van der Waals surface area contributed by atoms with Crippen molar-refractivity contribution in [2.45, 2.75) is 45.5 Å². The molecule has 3 heterocycles. The highest BCUT2D eigenvalue weighted by atomic mass is 19.4. The van der Waals surface area contributed by atoms with Gasteiger partial charge in [0.1, 0.15) is 0 Å². The van der Waals surface area contributed by atoms with Crippen LogP contribution in [-0.2, 0) is 35.2 Å². The van der Waals surface area contributed by atoms with Gasteiger partial charge in [-0.3, -0.25) is 14.7 Å². The van der Waals surface area contributed by atoms with Gasteiger partial charge in [0.15, 0.2) is 0 Å². The van der Waals surface area contributed by atoms with E-state index in [0.717, 1.165) is 41.4 Å². The second kappa shape index (κ2) is 9.32. The summed E-state index contributed by atoms with van der Waals surface area (Å²) < 4.78 is 47.4. The van der Waals surface area contributed by atoms with Gasteiger partial charge in [0.2, 0.25) is 0 Å². The maximum absolute atomic E-state index is 13.4. The van der Waals surface area contributed by atoms with Crippen molar-refractivity contribution in [1.82, 2.24) is 14.5 Å². The summed E-state index contributed by atoms with van der Waals surface area (Å²) in [4.78, 5) is 17.9. The molecule has 0 amide bonds. The highest BCUT2D eigenvalue weighted by Crippen LogP contribution is 2.36. The number of ether oxygens (including phenoxy) is 1. The van der Waals surface area contributed by atoms with E-state index in [-0.39, 0.29) is 5.97 Å². The Morgan fingerprint density at radius 1 is 1.19 bits per heavy atom. The molecule has 0 radical (unpaired) electrons. The smallest absolute Gasteiger partial charge is 0.416 e. The predicted molar refractivity (Wildman–Crippen MR) is 115 cm³/mol. The average molecular weight is 445 g/mol. The van der Waals surface area contributed by atoms with Gasteiger partial charge in [-0.15, -0.1) is 0 Å². The molecular weight excluding hydrogens is 419 g/mol. The number of hydrogen-bond acceptors (Lipinski definition) is 4. The van der Waals surface area contributed by atoms with E-state index in [2.05, 4.69) is 14.5 Å². The second-order valence-electron chi connectivity index (χ2n) is 8.03. The molecule has 1 aliphatic rings. The van der Waals surface area contributed by atoms with Crippen LogP contribution in [0.1, 0.15) is 42.1 Å². The summed E-state index contributed by atoms with van der Waals surface area (Å²) in [6.45, 7) is 4.80. The fourth-order valence-electron chi connectivity index (χ4n) is 4.40. The average Bonchev–Trinajstić information content (AvgIpc) is 3.07. The highest BCUT2D eigenvalue weighted by molar-refractivity contribution is 5.87. The largest absolute Gasteiger partial charge is 0.466 e. The van der Waals surface area contributed by atoms with Crippen molar-refractivity contribution < 1.29 is 22.7 Å². The zero-order valence-corrected chi connectivity index (χ0v) is 18.0. The van der Waals surface area contributed by atoms with Crippen LogP contribution in [0.4, 0.5) is 13.2 Å². The number of halogens is 3. The minimum Gasteiger partial charge on any atom is -0.466 e. The Kier molecular flexibility index (Phi) is 6.50. The van der Waals surface area contributed by atoms with Crippen molar-refractivity contribution in [3.8, 4) is 0 Å². The van der Waals surface area contributed by atoms with E-state index >= 15 is 0 Å². The third-order valence-electron chi connectivity index (χ3n) is 5.91. The van der Waals surface area contributed by atoms with Crippen molar-refractivity contribution in [3.05, 3.63) is 65.1 Å². The zero-order valence-electron chi connectivity index (χ0n) is 18.0. The second-order valence-corrected chi connectivity index (χ2v) is 8.03. The zero-order chi connectivity index (χ0) is 22.7. The molecule has 0 N–H and O–H groups in total. The fourth-order valence-corrected chi connectivity index (χ4v) is 4.40. The van der Waals surface area contributed by atoms with Gasteiger partial charge in [-0.25, -0.2) is 0 Å². The topological polar surface area (TPSA) is 47.4 Å². The molecule has 0 atom stereocenters. The molecule has 0 bridgehead atoms. The molecule has 0 spiro atoms. The van der Waals surface area contributed by atoms with E-state index in [4.69, 9.17) is 4.74 Å². The third kappa shape index (κ3) is 4.80. The van der Waals surface area contributed by atoms with Gasteiger partial charge < -0.3 is 9.30 Å². The molecule has 2 aromatic heterocycles. The number of esters is 1. The van der Waals surface area contributed by atoms with Crippen molar-refractivity contribution in [3.63, 3.8) is 0 Å². The highest BCUT2D eigenvalue weighted by Gasteiger charge is 2.32. The number of fused-ring (bicyclic) bond motifs is 3. The van der Waals surface area contributed by atoms with E-state index in [1.165, 1.54) is 6.07 Å². The molecule has 0 fully saturated rings. The van der Waals surface area contributed by atoms with Crippen molar-refractivity contribution in [1.29, 1.82) is 0 Å². The molecule has 1 aliphatic heterocycles. The SMILES string of the molecule is CCOC(=O)CCCN1CCc2c(c3cc(C(F)(F)F)ccc3n2Cc2ccncc2)C1. The summed E-state index contributed by atoms with van der Waals surface area (Å²) in [5.74, 6) is -0.214. The number of rotatable bonds is 7. The lowest BCUT2D eigenvalue weighted by Gasteiger charge is -2.28. The summed E-state index contributed by atoms with van der Waals surface area (Å²) >= 11 is 0. The van der Waals surface area contributed by atoms with Crippen LogP contribution in [0, 0.1) is 0 Å². The van der Waals surface area contributed by atoms with Crippen molar-refractivity contribution >= 4 is 16.9 Å². The fraction of sp³-hybridized carbons (Fsp3) is 0.417. The molecule has 0 saturated heterocycles. The van der Waals surface area contributed by atoms with Crippen molar-refractivity contribution in [2.75, 3.05) is 19.7 Å². The lowest BCUT2D eigenvalue weighted by molar-refractivity contribution is -0.143. The number of carbonyl (C=O) groups excluding carboxylic acids is 1. The minimum absolute atomic E-state index is 0.214. The van der Waals surface area contributed by atoms with Crippen LogP contribution in [0.3, 0.4) is 0 Å². The molecule has 3 aromatic rings. The molecule has 170 valence electrons. The lowest BCUT2D eigenvalue weighted by Crippen LogP contribution is -2.32. The Balaban J connectivity index is 1.64. The summed E-state index contributed by atoms with van der Waals surface area (Å²) in [5, 5.41) is 0.652. The quantitative estimate of drug-likeness (QED) is 0.490. The number of aromatic nitrogens is 2. The van der Waals surface area contributed by atoms with Gasteiger partial charge in [-0.2, -0.15) is 13.2 Å². The maximum atomic E-state index is 13.4. The number of hydrogen-bond donors (Lipinski definition) is 0. The van der Waals surface area contributed by atoms with Gasteiger partial charge in [0.25, 0.3) is 0 Å². The normalized spacial score (nSPS) is 14.5. The molecule has 4 rings (SSSR count). The standard InChI is InChI=1S/C24H26F3N3O2/c1-2-32-23(31)4-3-12-29-13-9-22-20(16-29)19-14-18(24(25,26)27)5-6-21(19)30(22)15-17-7-10-28-11-8-17/h5-8,10-11,14H,2-4,9,12-13,15-16H2,1H3. The van der Waals surface area contributed by atoms with E-state index in [1.807, 2.05) is 12.1 Å². The maximum Gasteiger partial charge on any atom is 0.416 e. The Morgan fingerprint density at radius 3 is 2.69 bits per heavy atom. The number of alkyl halides is 3. The lowest BCUT2D eigenvalue weighted by atomic mass is 10.0. The Morgan fingerprint density at radius 2 is 1.97 bits per heavy atom. The molecule has 32 heavy (non-hydrogen) atoms. The van der Waals surface area contributed by atoms with E-state index in [0.29, 0.717) is 44.5 Å². The molecule has 0 saturated carbocycles. The van der Waals surface area contributed by atoms with Gasteiger partial charge >= 0.3 is 12.1 Å². The van der Waals surface area contributed by atoms with Gasteiger partial charge in [0.05, 0.1) is 12.2 Å². The van der Waals surface area contributed by atoms with Crippen LogP contribution in [0.25, 0.3) is 10.9 Å². The van der Waals surface area contributed by atoms with Gasteiger partial charge in [0, 0.05) is 61.5 Å². The minimum atomic E-state index is -4.39. The molecule has 5 nitrogen and oxygen atoms in total. The van der Waals surface area contributed by atoms with Crippen LogP contribution in [0.15, 0.2) is 42.7 Å². The van der Waals surface area contributed by atoms with Gasteiger partial charge in [-0.1, -0.05) is 0 Å². The summed E-state index contributed by atoms with van der Waals surface area (Å²) in [7, 11) is 0. The van der Waals surface area contributed by atoms with Gasteiger partial charge in [-0.05, 0) is 61.3 Å². The van der Waals surface area contributed by atoms with Crippen LogP contribution >= 0.6 is 0 Å². The molecule has 0 aliphatic carbocycles. The molecule has 1 aromatic carbocycles. The number of nitrogens with zero attached hydrogens (tertiary/aromatic N) is 3. The Labute approximate surface area is 184 Å². The first kappa shape index (κ1) is 22.3.